The van der Waals surface area contributed by atoms with Crippen LogP contribution in [0, 0.1) is 20.8 Å². The lowest BCUT2D eigenvalue weighted by atomic mass is 10.0. The summed E-state index contributed by atoms with van der Waals surface area (Å²) in [5.74, 6) is 0.0846. The summed E-state index contributed by atoms with van der Waals surface area (Å²) < 4.78 is 15.7. The summed E-state index contributed by atoms with van der Waals surface area (Å²) in [5, 5.41) is 0.710. The van der Waals surface area contributed by atoms with Gasteiger partial charge in [0.2, 0.25) is 0 Å². The third kappa shape index (κ3) is 3.07. The van der Waals surface area contributed by atoms with E-state index in [1.54, 1.807) is 19.9 Å². The van der Waals surface area contributed by atoms with E-state index in [9.17, 15) is 9.59 Å². The van der Waals surface area contributed by atoms with Crippen LogP contribution in [0.15, 0.2) is 21.3 Å². The van der Waals surface area contributed by atoms with Crippen LogP contribution >= 0.6 is 0 Å². The molecule has 0 aliphatic carbocycles. The average molecular weight is 290 g/mol. The molecule has 0 atom stereocenters. The van der Waals surface area contributed by atoms with E-state index in [0.29, 0.717) is 28.9 Å². The Morgan fingerprint density at radius 2 is 1.90 bits per heavy atom. The van der Waals surface area contributed by atoms with Crippen molar-refractivity contribution in [3.8, 4) is 5.75 Å². The van der Waals surface area contributed by atoms with Gasteiger partial charge in [-0.3, -0.25) is 0 Å². The van der Waals surface area contributed by atoms with Gasteiger partial charge >= 0.3 is 11.6 Å². The van der Waals surface area contributed by atoms with Gasteiger partial charge in [0, 0.05) is 5.56 Å². The van der Waals surface area contributed by atoms with Crippen LogP contribution in [-0.2, 0) is 9.53 Å². The largest absolute Gasteiger partial charge is 0.481 e. The lowest BCUT2D eigenvalue weighted by Gasteiger charge is -2.12. The second-order valence-corrected chi connectivity index (χ2v) is 4.87. The third-order valence-electron chi connectivity index (χ3n) is 3.31. The van der Waals surface area contributed by atoms with Gasteiger partial charge in [0.1, 0.15) is 11.3 Å². The Labute approximate surface area is 122 Å². The van der Waals surface area contributed by atoms with Crippen molar-refractivity contribution in [2.75, 3.05) is 13.2 Å². The van der Waals surface area contributed by atoms with E-state index in [1.165, 1.54) is 0 Å². The molecular formula is C16H18O5. The molecular weight excluding hydrogens is 272 g/mol. The van der Waals surface area contributed by atoms with Gasteiger partial charge in [0.05, 0.1) is 12.0 Å². The van der Waals surface area contributed by atoms with E-state index in [1.807, 2.05) is 19.9 Å². The highest BCUT2D eigenvalue weighted by Gasteiger charge is 2.14. The number of aryl methyl sites for hydroxylation is 2. The Morgan fingerprint density at radius 3 is 2.57 bits per heavy atom. The van der Waals surface area contributed by atoms with Crippen LogP contribution in [0.25, 0.3) is 11.0 Å². The second kappa shape index (κ2) is 5.99. The van der Waals surface area contributed by atoms with Crippen molar-refractivity contribution in [3.05, 3.63) is 39.2 Å². The van der Waals surface area contributed by atoms with E-state index >= 15 is 0 Å². The minimum Gasteiger partial charge on any atom is -0.481 e. The summed E-state index contributed by atoms with van der Waals surface area (Å²) in [6, 6.07) is 3.59. The van der Waals surface area contributed by atoms with Crippen LogP contribution in [0.3, 0.4) is 0 Å². The van der Waals surface area contributed by atoms with Crippen molar-refractivity contribution in [3.63, 3.8) is 0 Å². The molecule has 0 saturated carbocycles. The van der Waals surface area contributed by atoms with Gasteiger partial charge in [-0.05, 0) is 51.0 Å². The van der Waals surface area contributed by atoms with Gasteiger partial charge in [-0.1, -0.05) is 0 Å². The van der Waals surface area contributed by atoms with Crippen molar-refractivity contribution in [2.24, 2.45) is 0 Å². The van der Waals surface area contributed by atoms with Gasteiger partial charge in [-0.25, -0.2) is 9.59 Å². The molecule has 1 aromatic heterocycles. The minimum atomic E-state index is -0.432. The number of carbonyl (C=O) groups excluding carboxylic acids is 1. The number of fused-ring (bicyclic) bond motifs is 1. The molecule has 0 aliphatic heterocycles. The average Bonchev–Trinajstić information content (AvgIpc) is 2.42. The highest BCUT2D eigenvalue weighted by atomic mass is 16.6. The zero-order chi connectivity index (χ0) is 15.6. The summed E-state index contributed by atoms with van der Waals surface area (Å²) in [7, 11) is 0. The van der Waals surface area contributed by atoms with Crippen molar-refractivity contribution in [1.29, 1.82) is 0 Å². The highest BCUT2D eigenvalue weighted by Crippen LogP contribution is 2.30. The first-order valence-electron chi connectivity index (χ1n) is 6.77. The quantitative estimate of drug-likeness (QED) is 0.639. The molecule has 0 radical (unpaired) electrons. The van der Waals surface area contributed by atoms with E-state index in [-0.39, 0.29) is 12.2 Å². The molecule has 0 unspecified atom stereocenters. The van der Waals surface area contributed by atoms with Crippen molar-refractivity contribution in [1.82, 2.24) is 0 Å². The SMILES string of the molecule is CCOC(=O)COc1cc(C)cc2oc(=O)c(C)c(C)c12. The minimum absolute atomic E-state index is 0.177. The predicted molar refractivity (Wildman–Crippen MR) is 78.8 cm³/mol. The second-order valence-electron chi connectivity index (χ2n) is 4.87. The maximum atomic E-state index is 11.7. The Bertz CT molecular complexity index is 742. The van der Waals surface area contributed by atoms with Gasteiger partial charge in [-0.15, -0.1) is 0 Å². The molecule has 0 aliphatic rings. The number of esters is 1. The highest BCUT2D eigenvalue weighted by molar-refractivity contribution is 5.88. The Hall–Kier alpha value is -2.30. The maximum Gasteiger partial charge on any atom is 0.344 e. The molecule has 0 fully saturated rings. The standard InChI is InChI=1S/C16H18O5/c1-5-19-14(17)8-20-12-6-9(2)7-13-15(12)10(3)11(4)16(18)21-13/h6-7H,5,8H2,1-4H3. The summed E-state index contributed by atoms with van der Waals surface area (Å²) in [4.78, 5) is 23.2. The first-order chi connectivity index (χ1) is 9.93. The van der Waals surface area contributed by atoms with Crippen LogP contribution in [0.5, 0.6) is 5.75 Å². The van der Waals surface area contributed by atoms with Crippen LogP contribution in [0.2, 0.25) is 0 Å². The molecule has 5 nitrogen and oxygen atoms in total. The molecule has 2 aromatic rings. The molecule has 0 bridgehead atoms. The predicted octanol–water partition coefficient (Wildman–Crippen LogP) is 2.66. The molecule has 0 spiro atoms. The topological polar surface area (TPSA) is 65.7 Å². The molecule has 2 rings (SSSR count). The third-order valence-corrected chi connectivity index (χ3v) is 3.31. The normalized spacial score (nSPS) is 10.7. The van der Waals surface area contributed by atoms with E-state index < -0.39 is 5.97 Å². The summed E-state index contributed by atoms with van der Waals surface area (Å²) in [6.45, 7) is 7.28. The lowest BCUT2D eigenvalue weighted by molar-refractivity contribution is -0.145. The molecule has 0 N–H and O–H groups in total. The van der Waals surface area contributed by atoms with Crippen LogP contribution in [0.4, 0.5) is 0 Å². The molecule has 5 heteroatoms. The number of rotatable bonds is 4. The lowest BCUT2D eigenvalue weighted by Crippen LogP contribution is -2.15. The van der Waals surface area contributed by atoms with Gasteiger partial charge < -0.3 is 13.9 Å². The fraction of sp³-hybridized carbons (Fsp3) is 0.375. The summed E-state index contributed by atoms with van der Waals surface area (Å²) >= 11 is 0. The zero-order valence-corrected chi connectivity index (χ0v) is 12.6. The summed E-state index contributed by atoms with van der Waals surface area (Å²) in [6.07, 6.45) is 0. The molecule has 1 heterocycles. The van der Waals surface area contributed by atoms with Crippen LogP contribution < -0.4 is 10.4 Å². The number of benzene rings is 1. The number of carbonyl (C=O) groups is 1. The zero-order valence-electron chi connectivity index (χ0n) is 12.6. The Balaban J connectivity index is 2.50. The van der Waals surface area contributed by atoms with E-state index in [0.717, 1.165) is 11.1 Å². The van der Waals surface area contributed by atoms with Crippen molar-refractivity contribution in [2.45, 2.75) is 27.7 Å². The van der Waals surface area contributed by atoms with E-state index in [4.69, 9.17) is 13.9 Å². The monoisotopic (exact) mass is 290 g/mol. The number of hydrogen-bond donors (Lipinski definition) is 0. The van der Waals surface area contributed by atoms with Gasteiger partial charge in [0.15, 0.2) is 6.61 Å². The molecule has 1 aromatic carbocycles. The van der Waals surface area contributed by atoms with Gasteiger partial charge in [-0.2, -0.15) is 0 Å². The first kappa shape index (κ1) is 15.1. The maximum absolute atomic E-state index is 11.7. The van der Waals surface area contributed by atoms with E-state index in [2.05, 4.69) is 0 Å². The van der Waals surface area contributed by atoms with Crippen molar-refractivity contribution >= 4 is 16.9 Å². The van der Waals surface area contributed by atoms with Crippen LogP contribution in [-0.4, -0.2) is 19.2 Å². The fourth-order valence-electron chi connectivity index (χ4n) is 2.14. The number of hydrogen-bond acceptors (Lipinski definition) is 5. The molecule has 0 amide bonds. The Kier molecular flexibility index (Phi) is 4.31. The smallest absolute Gasteiger partial charge is 0.344 e. The Morgan fingerprint density at radius 1 is 1.19 bits per heavy atom. The molecule has 112 valence electrons. The van der Waals surface area contributed by atoms with Gasteiger partial charge in [0.25, 0.3) is 0 Å². The van der Waals surface area contributed by atoms with Crippen LogP contribution in [0.1, 0.15) is 23.6 Å². The van der Waals surface area contributed by atoms with Crippen molar-refractivity contribution < 1.29 is 18.7 Å². The summed E-state index contributed by atoms with van der Waals surface area (Å²) in [5.41, 5.74) is 2.31. The molecule has 0 saturated heterocycles. The first-order valence-corrected chi connectivity index (χ1v) is 6.77. The molecule has 21 heavy (non-hydrogen) atoms. The number of ether oxygens (including phenoxy) is 2. The fourth-order valence-corrected chi connectivity index (χ4v) is 2.14.